The number of sulfonamides is 1. The van der Waals surface area contributed by atoms with Crippen molar-refractivity contribution < 1.29 is 17.5 Å². The van der Waals surface area contributed by atoms with Crippen LogP contribution in [-0.4, -0.2) is 39.5 Å². The van der Waals surface area contributed by atoms with Gasteiger partial charge in [-0.25, -0.2) is 12.8 Å². The van der Waals surface area contributed by atoms with Gasteiger partial charge in [0.25, 0.3) is 0 Å². The number of rotatable bonds is 6. The summed E-state index contributed by atoms with van der Waals surface area (Å²) in [5.41, 5.74) is 0.236. The largest absolute Gasteiger partial charge is 0.383 e. The van der Waals surface area contributed by atoms with Gasteiger partial charge in [-0.1, -0.05) is 11.6 Å². The Balaban J connectivity index is 3.25. The molecule has 4 nitrogen and oxygen atoms in total. The van der Waals surface area contributed by atoms with Crippen LogP contribution in [0.2, 0.25) is 5.02 Å². The minimum atomic E-state index is -3.84. The molecule has 0 N–H and O–H groups in total. The van der Waals surface area contributed by atoms with Gasteiger partial charge in [-0.15, -0.1) is 11.6 Å². The fourth-order valence-electron chi connectivity index (χ4n) is 1.61. The molecule has 1 atom stereocenters. The number of hydrogen-bond acceptors (Lipinski definition) is 3. The van der Waals surface area contributed by atoms with E-state index < -0.39 is 15.8 Å². The molecule has 114 valence electrons. The fourth-order valence-corrected chi connectivity index (χ4v) is 3.48. The molecule has 1 aromatic carbocycles. The summed E-state index contributed by atoms with van der Waals surface area (Å²) in [5, 5.41) is -0.161. The minimum absolute atomic E-state index is 0.0730. The lowest BCUT2D eigenvalue weighted by molar-refractivity contribution is 0.149. The molecular weight excluding hydrogens is 328 g/mol. The lowest BCUT2D eigenvalue weighted by atomic mass is 10.2. The Labute approximate surface area is 128 Å². The van der Waals surface area contributed by atoms with Crippen molar-refractivity contribution in [2.24, 2.45) is 0 Å². The predicted molar refractivity (Wildman–Crippen MR) is 77.3 cm³/mol. The Hall–Kier alpha value is -0.400. The summed E-state index contributed by atoms with van der Waals surface area (Å²) in [7, 11) is -0.951. The van der Waals surface area contributed by atoms with Gasteiger partial charge in [0.05, 0.1) is 16.5 Å². The third-order valence-corrected chi connectivity index (χ3v) is 5.59. The van der Waals surface area contributed by atoms with E-state index in [0.29, 0.717) is 0 Å². The van der Waals surface area contributed by atoms with Crippen LogP contribution >= 0.6 is 23.2 Å². The monoisotopic (exact) mass is 343 g/mol. The second-order valence-electron chi connectivity index (χ2n) is 4.34. The van der Waals surface area contributed by atoms with Gasteiger partial charge in [-0.05, 0) is 24.6 Å². The van der Waals surface area contributed by atoms with Gasteiger partial charge in [0, 0.05) is 26.1 Å². The molecule has 0 fully saturated rings. The Morgan fingerprint density at radius 1 is 1.45 bits per heavy atom. The van der Waals surface area contributed by atoms with E-state index in [9.17, 15) is 12.8 Å². The van der Waals surface area contributed by atoms with Gasteiger partial charge in [0.2, 0.25) is 10.0 Å². The number of methoxy groups -OCH3 is 1. The molecule has 0 aliphatic rings. The third-order valence-electron chi connectivity index (χ3n) is 2.93. The van der Waals surface area contributed by atoms with Crippen LogP contribution in [0, 0.1) is 5.82 Å². The van der Waals surface area contributed by atoms with Crippen LogP contribution in [0.3, 0.4) is 0 Å². The van der Waals surface area contributed by atoms with Crippen LogP contribution in [0.4, 0.5) is 4.39 Å². The maximum absolute atomic E-state index is 13.7. The average Bonchev–Trinajstić information content (AvgIpc) is 2.40. The SMILES string of the molecule is COCC(C)N(C)S(=O)(=O)c1cc(F)c(Cl)c(CCl)c1. The molecule has 0 saturated heterocycles. The van der Waals surface area contributed by atoms with Crippen LogP contribution in [0.25, 0.3) is 0 Å². The van der Waals surface area contributed by atoms with E-state index in [1.165, 1.54) is 20.2 Å². The van der Waals surface area contributed by atoms with Crippen LogP contribution < -0.4 is 0 Å². The Kier molecular flexibility index (Phi) is 6.22. The normalized spacial score (nSPS) is 13.8. The first-order chi connectivity index (χ1) is 9.25. The number of ether oxygens (including phenoxy) is 1. The van der Waals surface area contributed by atoms with Gasteiger partial charge in [0.1, 0.15) is 5.82 Å². The van der Waals surface area contributed by atoms with E-state index in [1.807, 2.05) is 0 Å². The topological polar surface area (TPSA) is 46.6 Å². The summed E-state index contributed by atoms with van der Waals surface area (Å²) < 4.78 is 44.5. The molecule has 0 saturated carbocycles. The van der Waals surface area contributed by atoms with Gasteiger partial charge in [-0.3, -0.25) is 0 Å². The number of halogens is 3. The van der Waals surface area contributed by atoms with Gasteiger partial charge >= 0.3 is 0 Å². The number of hydrogen-bond donors (Lipinski definition) is 0. The van der Waals surface area contributed by atoms with Gasteiger partial charge in [0.15, 0.2) is 0 Å². The fraction of sp³-hybridized carbons (Fsp3) is 0.500. The highest BCUT2D eigenvalue weighted by Gasteiger charge is 2.27. The smallest absolute Gasteiger partial charge is 0.243 e. The molecule has 0 aromatic heterocycles. The molecule has 0 spiro atoms. The average molecular weight is 344 g/mol. The lowest BCUT2D eigenvalue weighted by Crippen LogP contribution is -2.37. The number of benzene rings is 1. The van der Waals surface area contributed by atoms with E-state index >= 15 is 0 Å². The summed E-state index contributed by atoms with van der Waals surface area (Å²) in [4.78, 5) is -0.180. The van der Waals surface area contributed by atoms with Crippen molar-refractivity contribution in [3.63, 3.8) is 0 Å². The van der Waals surface area contributed by atoms with Crippen molar-refractivity contribution in [3.05, 3.63) is 28.5 Å². The first-order valence-corrected chi connectivity index (χ1v) is 8.11. The van der Waals surface area contributed by atoms with Crippen LogP contribution in [0.5, 0.6) is 0 Å². The first kappa shape index (κ1) is 17.7. The predicted octanol–water partition coefficient (Wildman–Crippen LogP) is 2.87. The highest BCUT2D eigenvalue weighted by Crippen LogP contribution is 2.27. The van der Waals surface area contributed by atoms with Crippen molar-refractivity contribution in [2.75, 3.05) is 20.8 Å². The Bertz CT molecular complexity index is 580. The number of likely N-dealkylation sites (N-methyl/N-ethyl adjacent to an activating group) is 1. The van der Waals surface area contributed by atoms with Crippen molar-refractivity contribution in [3.8, 4) is 0 Å². The van der Waals surface area contributed by atoms with E-state index in [0.717, 1.165) is 10.4 Å². The van der Waals surface area contributed by atoms with Crippen LogP contribution in [0.1, 0.15) is 12.5 Å². The summed E-state index contributed by atoms with van der Waals surface area (Å²) >= 11 is 11.4. The molecule has 1 unspecified atom stereocenters. The molecule has 20 heavy (non-hydrogen) atoms. The van der Waals surface area contributed by atoms with E-state index in [-0.39, 0.29) is 34.0 Å². The number of alkyl halides is 1. The molecule has 1 aromatic rings. The van der Waals surface area contributed by atoms with E-state index in [2.05, 4.69) is 0 Å². The maximum atomic E-state index is 13.7. The minimum Gasteiger partial charge on any atom is -0.383 e. The third kappa shape index (κ3) is 3.62. The molecule has 8 heteroatoms. The molecule has 0 aliphatic heterocycles. The van der Waals surface area contributed by atoms with Crippen molar-refractivity contribution in [1.82, 2.24) is 4.31 Å². The molecule has 0 heterocycles. The van der Waals surface area contributed by atoms with Crippen molar-refractivity contribution in [2.45, 2.75) is 23.7 Å². The molecular formula is C12H16Cl2FNO3S. The van der Waals surface area contributed by atoms with Crippen LogP contribution in [0.15, 0.2) is 17.0 Å². The van der Waals surface area contributed by atoms with E-state index in [4.69, 9.17) is 27.9 Å². The highest BCUT2D eigenvalue weighted by molar-refractivity contribution is 7.89. The van der Waals surface area contributed by atoms with Gasteiger partial charge in [-0.2, -0.15) is 4.31 Å². The summed E-state index contributed by atoms with van der Waals surface area (Å²) in [6.45, 7) is 1.92. The molecule has 0 bridgehead atoms. The molecule has 0 radical (unpaired) electrons. The molecule has 0 amide bonds. The number of nitrogens with zero attached hydrogens (tertiary/aromatic N) is 1. The zero-order valence-corrected chi connectivity index (χ0v) is 13.7. The summed E-state index contributed by atoms with van der Waals surface area (Å²) in [5.74, 6) is -0.882. The second-order valence-corrected chi connectivity index (χ2v) is 6.98. The quantitative estimate of drug-likeness (QED) is 0.746. The standard InChI is InChI=1S/C12H16Cl2FNO3S/c1-8(7-19-3)16(2)20(17,18)10-4-9(6-13)12(14)11(15)5-10/h4-5,8H,6-7H2,1-3H3. The zero-order valence-electron chi connectivity index (χ0n) is 11.4. The van der Waals surface area contributed by atoms with Gasteiger partial charge < -0.3 is 4.74 Å². The Morgan fingerprint density at radius 3 is 2.55 bits per heavy atom. The maximum Gasteiger partial charge on any atom is 0.243 e. The Morgan fingerprint density at radius 2 is 2.05 bits per heavy atom. The van der Waals surface area contributed by atoms with Crippen molar-refractivity contribution >= 4 is 33.2 Å². The van der Waals surface area contributed by atoms with Crippen molar-refractivity contribution in [1.29, 1.82) is 0 Å². The summed E-state index contributed by atoms with van der Waals surface area (Å²) in [6.07, 6.45) is 0. The second kappa shape index (κ2) is 7.04. The molecule has 0 aliphatic carbocycles. The summed E-state index contributed by atoms with van der Waals surface area (Å²) in [6, 6.07) is 1.79. The van der Waals surface area contributed by atoms with Crippen LogP contribution in [-0.2, 0) is 20.6 Å². The zero-order chi connectivity index (χ0) is 15.5. The lowest BCUT2D eigenvalue weighted by Gasteiger charge is -2.24. The molecule has 1 rings (SSSR count). The highest BCUT2D eigenvalue weighted by atomic mass is 35.5. The first-order valence-electron chi connectivity index (χ1n) is 5.76. The van der Waals surface area contributed by atoms with E-state index in [1.54, 1.807) is 6.92 Å².